The van der Waals surface area contributed by atoms with Crippen LogP contribution in [0.4, 0.5) is 32.0 Å². The van der Waals surface area contributed by atoms with Gasteiger partial charge in [0.25, 0.3) is 0 Å². The Morgan fingerprint density at radius 2 is 1.52 bits per heavy atom. The Hall–Kier alpha value is -2.26. The van der Waals surface area contributed by atoms with Crippen molar-refractivity contribution >= 4 is 17.6 Å². The van der Waals surface area contributed by atoms with Gasteiger partial charge in [0.1, 0.15) is 0 Å². The van der Waals surface area contributed by atoms with Crippen LogP contribution in [0.3, 0.4) is 0 Å². The predicted molar refractivity (Wildman–Crippen MR) is 64.5 cm³/mol. The van der Waals surface area contributed by atoms with Gasteiger partial charge in [-0.25, -0.2) is 0 Å². The smallest absolute Gasteiger partial charge is 0.416 e. The van der Waals surface area contributed by atoms with E-state index in [1.165, 1.54) is 0 Å². The molecule has 1 heterocycles. The monoisotopic (exact) mass is 341 g/mol. The molecule has 0 aliphatic carbocycles. The van der Waals surface area contributed by atoms with Gasteiger partial charge < -0.3 is 10.0 Å². The zero-order valence-corrected chi connectivity index (χ0v) is 11.2. The third-order valence-corrected chi connectivity index (χ3v) is 3.36. The van der Waals surface area contributed by atoms with Crippen molar-refractivity contribution in [2.45, 2.75) is 18.8 Å². The molecule has 1 fully saturated rings. The lowest BCUT2D eigenvalue weighted by Gasteiger charge is -2.20. The van der Waals surface area contributed by atoms with Crippen molar-refractivity contribution in [1.82, 2.24) is 0 Å². The minimum Gasteiger partial charge on any atom is -0.481 e. The van der Waals surface area contributed by atoms with Crippen LogP contribution in [0.1, 0.15) is 17.5 Å². The highest BCUT2D eigenvalue weighted by Gasteiger charge is 2.40. The largest absolute Gasteiger partial charge is 0.481 e. The molecule has 0 unspecified atom stereocenters. The van der Waals surface area contributed by atoms with Crippen LogP contribution in [0.2, 0.25) is 0 Å². The average Bonchev–Trinajstić information content (AvgIpc) is 2.78. The highest BCUT2D eigenvalue weighted by molar-refractivity contribution is 5.99. The minimum atomic E-state index is -5.04. The molecular weight excluding hydrogens is 332 g/mol. The van der Waals surface area contributed by atoms with E-state index in [9.17, 15) is 35.9 Å². The van der Waals surface area contributed by atoms with Crippen LogP contribution in [0.25, 0.3) is 0 Å². The van der Waals surface area contributed by atoms with E-state index >= 15 is 0 Å². The zero-order valence-electron chi connectivity index (χ0n) is 11.2. The highest BCUT2D eigenvalue weighted by Crippen LogP contribution is 2.39. The first-order valence-corrected chi connectivity index (χ1v) is 6.22. The Labute approximate surface area is 125 Å². The standard InChI is InChI=1S/C13H9F6NO3/c14-12(15,16)7-2-8(13(17,18)19)4-9(3-7)20-5-6(11(22)23)1-10(20)21/h2-4,6H,1,5H2,(H,22,23)/t6-/m1/s1. The maximum atomic E-state index is 12.8. The Kier molecular flexibility index (Phi) is 4.03. The number of carbonyl (C=O) groups is 2. The summed E-state index contributed by atoms with van der Waals surface area (Å²) in [5.74, 6) is -3.36. The molecule has 1 aromatic carbocycles. The number of carboxylic acids is 1. The molecule has 0 bridgehead atoms. The Morgan fingerprint density at radius 3 is 1.87 bits per heavy atom. The molecule has 4 nitrogen and oxygen atoms in total. The summed E-state index contributed by atoms with van der Waals surface area (Å²) in [5.41, 5.74) is -3.75. The fraction of sp³-hybridized carbons (Fsp3) is 0.385. The van der Waals surface area contributed by atoms with Crippen LogP contribution in [-0.4, -0.2) is 23.5 Å². The van der Waals surface area contributed by atoms with Gasteiger partial charge in [0.05, 0.1) is 17.0 Å². The van der Waals surface area contributed by atoms with Crippen LogP contribution in [0.5, 0.6) is 0 Å². The molecule has 23 heavy (non-hydrogen) atoms. The number of carboxylic acid groups (broad SMARTS) is 1. The lowest BCUT2D eigenvalue weighted by Crippen LogP contribution is -2.26. The number of rotatable bonds is 2. The highest BCUT2D eigenvalue weighted by atomic mass is 19.4. The number of carbonyl (C=O) groups excluding carboxylic acids is 1. The number of amides is 1. The summed E-state index contributed by atoms with van der Waals surface area (Å²) in [6.07, 6.45) is -10.6. The summed E-state index contributed by atoms with van der Waals surface area (Å²) in [4.78, 5) is 23.2. The molecular formula is C13H9F6NO3. The summed E-state index contributed by atoms with van der Waals surface area (Å²) in [7, 11) is 0. The molecule has 1 amide bonds. The van der Waals surface area contributed by atoms with E-state index in [1.54, 1.807) is 0 Å². The van der Waals surface area contributed by atoms with Gasteiger partial charge in [-0.1, -0.05) is 0 Å². The molecule has 1 N–H and O–H groups in total. The zero-order chi connectivity index (χ0) is 17.6. The third kappa shape index (κ3) is 3.57. The lowest BCUT2D eigenvalue weighted by atomic mass is 10.1. The second kappa shape index (κ2) is 5.43. The summed E-state index contributed by atoms with van der Waals surface area (Å²) < 4.78 is 76.6. The normalized spacial score (nSPS) is 19.3. The van der Waals surface area contributed by atoms with Gasteiger partial charge in [0.15, 0.2) is 0 Å². The van der Waals surface area contributed by atoms with E-state index in [-0.39, 0.29) is 6.07 Å². The van der Waals surface area contributed by atoms with Crippen molar-refractivity contribution in [2.75, 3.05) is 11.4 Å². The molecule has 1 saturated heterocycles. The molecule has 126 valence electrons. The van der Waals surface area contributed by atoms with E-state index in [4.69, 9.17) is 5.11 Å². The van der Waals surface area contributed by atoms with Crippen LogP contribution in [0, 0.1) is 5.92 Å². The molecule has 1 atom stereocenters. The molecule has 0 spiro atoms. The number of alkyl halides is 6. The van der Waals surface area contributed by atoms with Crippen LogP contribution in [-0.2, 0) is 21.9 Å². The number of hydrogen-bond donors (Lipinski definition) is 1. The molecule has 0 radical (unpaired) electrons. The van der Waals surface area contributed by atoms with Crippen molar-refractivity contribution in [2.24, 2.45) is 5.92 Å². The van der Waals surface area contributed by atoms with Crippen molar-refractivity contribution < 1.29 is 41.0 Å². The summed E-state index contributed by atoms with van der Waals surface area (Å²) in [6, 6.07) is 0.744. The van der Waals surface area contributed by atoms with Gasteiger partial charge in [-0.2, -0.15) is 26.3 Å². The molecule has 1 aromatic rings. The number of benzene rings is 1. The fourth-order valence-electron chi connectivity index (χ4n) is 2.22. The number of nitrogens with zero attached hydrogens (tertiary/aromatic N) is 1. The maximum Gasteiger partial charge on any atom is 0.416 e. The van der Waals surface area contributed by atoms with E-state index in [0.29, 0.717) is 17.0 Å². The van der Waals surface area contributed by atoms with Gasteiger partial charge in [-0.3, -0.25) is 9.59 Å². The Morgan fingerprint density at radius 1 is 1.04 bits per heavy atom. The van der Waals surface area contributed by atoms with Gasteiger partial charge in [0, 0.05) is 18.7 Å². The first-order valence-electron chi connectivity index (χ1n) is 6.22. The molecule has 1 aliphatic rings. The van der Waals surface area contributed by atoms with Crippen molar-refractivity contribution in [3.8, 4) is 0 Å². The number of anilines is 1. The Balaban J connectivity index is 2.50. The number of aliphatic carboxylic acids is 1. The Bertz CT molecular complexity index is 620. The van der Waals surface area contributed by atoms with Gasteiger partial charge in [0.2, 0.25) is 5.91 Å². The van der Waals surface area contributed by atoms with Crippen LogP contribution >= 0.6 is 0 Å². The first-order chi connectivity index (χ1) is 10.4. The van der Waals surface area contributed by atoms with E-state index in [0.717, 1.165) is 0 Å². The van der Waals surface area contributed by atoms with E-state index < -0.39 is 59.9 Å². The maximum absolute atomic E-state index is 12.8. The van der Waals surface area contributed by atoms with Crippen LogP contribution < -0.4 is 4.90 Å². The van der Waals surface area contributed by atoms with Crippen molar-refractivity contribution in [3.05, 3.63) is 29.3 Å². The summed E-state index contributed by atoms with van der Waals surface area (Å²) in [6.45, 7) is -0.479. The first kappa shape index (κ1) is 17.1. The second-order valence-corrected chi connectivity index (χ2v) is 5.01. The quantitative estimate of drug-likeness (QED) is 0.841. The van der Waals surface area contributed by atoms with Crippen molar-refractivity contribution in [1.29, 1.82) is 0 Å². The van der Waals surface area contributed by atoms with Gasteiger partial charge >= 0.3 is 18.3 Å². The van der Waals surface area contributed by atoms with E-state index in [1.807, 2.05) is 0 Å². The number of halogens is 6. The lowest BCUT2D eigenvalue weighted by molar-refractivity contribution is -0.143. The van der Waals surface area contributed by atoms with E-state index in [2.05, 4.69) is 0 Å². The molecule has 0 aromatic heterocycles. The van der Waals surface area contributed by atoms with Crippen molar-refractivity contribution in [3.63, 3.8) is 0 Å². The molecule has 1 aliphatic heterocycles. The van der Waals surface area contributed by atoms with Crippen LogP contribution in [0.15, 0.2) is 18.2 Å². The molecule has 2 rings (SSSR count). The minimum absolute atomic E-state index is 0.0568. The molecule has 0 saturated carbocycles. The average molecular weight is 341 g/mol. The number of hydrogen-bond acceptors (Lipinski definition) is 2. The van der Waals surface area contributed by atoms with Gasteiger partial charge in [-0.15, -0.1) is 0 Å². The third-order valence-electron chi connectivity index (χ3n) is 3.36. The SMILES string of the molecule is O=C(O)[C@@H]1CC(=O)N(c2cc(C(F)(F)F)cc(C(F)(F)F)c2)C1. The van der Waals surface area contributed by atoms with Gasteiger partial charge in [-0.05, 0) is 18.2 Å². The summed E-state index contributed by atoms with van der Waals surface area (Å²) >= 11 is 0. The second-order valence-electron chi connectivity index (χ2n) is 5.01. The predicted octanol–water partition coefficient (Wildman–Crippen LogP) is 3.16. The topological polar surface area (TPSA) is 57.6 Å². The molecule has 10 heteroatoms. The summed E-state index contributed by atoms with van der Waals surface area (Å²) in [5, 5.41) is 8.82. The fourth-order valence-corrected chi connectivity index (χ4v) is 2.22.